The lowest BCUT2D eigenvalue weighted by molar-refractivity contribution is -0.168. The molecule has 0 spiro atoms. The predicted octanol–water partition coefficient (Wildman–Crippen LogP) is 4.69. The first-order valence-corrected chi connectivity index (χ1v) is 12.1. The van der Waals surface area contributed by atoms with Crippen LogP contribution < -0.4 is 10.2 Å². The molecule has 1 aromatic carbocycles. The van der Waals surface area contributed by atoms with E-state index in [9.17, 15) is 22.4 Å². The van der Waals surface area contributed by atoms with Crippen molar-refractivity contribution in [3.63, 3.8) is 0 Å². The van der Waals surface area contributed by atoms with E-state index in [4.69, 9.17) is 4.98 Å². The van der Waals surface area contributed by atoms with Gasteiger partial charge in [0.1, 0.15) is 23.1 Å². The summed E-state index contributed by atoms with van der Waals surface area (Å²) in [5.41, 5.74) is 0.641. The highest BCUT2D eigenvalue weighted by Gasteiger charge is 2.48. The first-order chi connectivity index (χ1) is 18.0. The van der Waals surface area contributed by atoms with E-state index in [2.05, 4.69) is 20.4 Å². The average Bonchev–Trinajstić information content (AvgIpc) is 3.56. The fourth-order valence-corrected chi connectivity index (χ4v) is 5.12. The van der Waals surface area contributed by atoms with Crippen molar-refractivity contribution in [1.82, 2.24) is 24.7 Å². The van der Waals surface area contributed by atoms with Gasteiger partial charge in [-0.15, -0.1) is 0 Å². The normalized spacial score (nSPS) is 18.7. The van der Waals surface area contributed by atoms with E-state index in [0.717, 1.165) is 0 Å². The number of pyridine rings is 1. The number of rotatable bonds is 4. The molecular weight excluding hydrogens is 502 g/mol. The summed E-state index contributed by atoms with van der Waals surface area (Å²) < 4.78 is 56.4. The van der Waals surface area contributed by atoms with Gasteiger partial charge in [0.25, 0.3) is 0 Å². The number of nitrogens with one attached hydrogen (secondary N) is 1. The molecule has 5 heterocycles. The fraction of sp³-hybridized carbons (Fsp3) is 0.346. The van der Waals surface area contributed by atoms with Crippen molar-refractivity contribution >= 4 is 28.6 Å². The summed E-state index contributed by atoms with van der Waals surface area (Å²) in [7, 11) is 0. The molecule has 1 N–H and O–H groups in total. The number of alkyl halides is 3. The van der Waals surface area contributed by atoms with Crippen molar-refractivity contribution in [2.24, 2.45) is 5.92 Å². The molecule has 1 saturated heterocycles. The van der Waals surface area contributed by atoms with E-state index >= 15 is 0 Å². The number of nitrogens with zero attached hydrogens (tertiary/aromatic N) is 6. The molecule has 1 atom stereocenters. The van der Waals surface area contributed by atoms with Gasteiger partial charge in [-0.3, -0.25) is 4.79 Å². The predicted molar refractivity (Wildman–Crippen MR) is 132 cm³/mol. The van der Waals surface area contributed by atoms with Crippen LogP contribution in [-0.4, -0.2) is 49.9 Å². The van der Waals surface area contributed by atoms with Gasteiger partial charge in [-0.05, 0) is 38.5 Å². The van der Waals surface area contributed by atoms with E-state index in [0.29, 0.717) is 27.9 Å². The van der Waals surface area contributed by atoms with E-state index in [1.54, 1.807) is 55.3 Å². The van der Waals surface area contributed by atoms with Crippen molar-refractivity contribution in [2.45, 2.75) is 38.4 Å². The van der Waals surface area contributed by atoms with Gasteiger partial charge >= 0.3 is 6.18 Å². The summed E-state index contributed by atoms with van der Waals surface area (Å²) in [6.45, 7) is 3.37. The van der Waals surface area contributed by atoms with Crippen molar-refractivity contribution in [1.29, 1.82) is 0 Å². The Kier molecular flexibility index (Phi) is 5.41. The van der Waals surface area contributed by atoms with Crippen LogP contribution in [0.25, 0.3) is 22.6 Å². The Morgan fingerprint density at radius 1 is 1.13 bits per heavy atom. The summed E-state index contributed by atoms with van der Waals surface area (Å²) in [5.74, 6) is -1.53. The Balaban J connectivity index is 1.50. The molecule has 8 nitrogen and oxygen atoms in total. The molecule has 0 bridgehead atoms. The minimum absolute atomic E-state index is 0.0659. The first-order valence-electron chi connectivity index (χ1n) is 12.1. The molecule has 38 heavy (non-hydrogen) atoms. The largest absolute Gasteiger partial charge is 0.393 e. The third-order valence-corrected chi connectivity index (χ3v) is 7.26. The fourth-order valence-electron chi connectivity index (χ4n) is 5.12. The van der Waals surface area contributed by atoms with Crippen LogP contribution in [0.2, 0.25) is 0 Å². The van der Waals surface area contributed by atoms with Gasteiger partial charge in [0.2, 0.25) is 5.91 Å². The summed E-state index contributed by atoms with van der Waals surface area (Å²) >= 11 is 0. The number of amides is 1. The Labute approximate surface area is 214 Å². The van der Waals surface area contributed by atoms with Crippen molar-refractivity contribution in [3.05, 3.63) is 59.5 Å². The van der Waals surface area contributed by atoms with Crippen LogP contribution in [-0.2, 0) is 16.8 Å². The maximum atomic E-state index is 14.4. The van der Waals surface area contributed by atoms with Gasteiger partial charge < -0.3 is 10.2 Å². The molecule has 0 saturated carbocycles. The van der Waals surface area contributed by atoms with Crippen molar-refractivity contribution in [3.8, 4) is 11.5 Å². The highest BCUT2D eigenvalue weighted by atomic mass is 19.4. The quantitative estimate of drug-likeness (QED) is 0.389. The minimum atomic E-state index is -4.33. The molecule has 1 fully saturated rings. The number of aromatic nitrogens is 5. The lowest BCUT2D eigenvalue weighted by Gasteiger charge is -2.25. The lowest BCUT2D eigenvalue weighted by atomic mass is 9.87. The molecule has 1 amide bonds. The molecule has 3 aromatic heterocycles. The molecule has 6 rings (SSSR count). The van der Waals surface area contributed by atoms with Crippen molar-refractivity contribution < 1.29 is 22.4 Å². The minimum Gasteiger partial charge on any atom is -0.356 e. The van der Waals surface area contributed by atoms with Crippen LogP contribution in [0.3, 0.4) is 0 Å². The Morgan fingerprint density at radius 3 is 2.66 bits per heavy atom. The molecule has 0 radical (unpaired) electrons. The molecule has 2 aliphatic heterocycles. The number of halogens is 4. The van der Waals surface area contributed by atoms with E-state index < -0.39 is 17.5 Å². The van der Waals surface area contributed by atoms with Gasteiger partial charge in [-0.1, -0.05) is 18.2 Å². The van der Waals surface area contributed by atoms with Gasteiger partial charge in [0, 0.05) is 24.8 Å². The molecule has 4 aromatic rings. The summed E-state index contributed by atoms with van der Waals surface area (Å²) in [4.78, 5) is 28.1. The second kappa shape index (κ2) is 8.47. The number of anilines is 2. The first kappa shape index (κ1) is 24.3. The number of hydrogen-bond donors (Lipinski definition) is 1. The number of carbonyl (C=O) groups is 1. The molecule has 1 unspecified atom stereocenters. The highest BCUT2D eigenvalue weighted by Crippen LogP contribution is 2.45. The van der Waals surface area contributed by atoms with E-state index in [1.807, 2.05) is 0 Å². The van der Waals surface area contributed by atoms with E-state index in [1.165, 1.54) is 10.7 Å². The van der Waals surface area contributed by atoms with Crippen LogP contribution >= 0.6 is 0 Å². The van der Waals surface area contributed by atoms with Crippen molar-refractivity contribution in [2.75, 3.05) is 23.3 Å². The zero-order valence-electron chi connectivity index (χ0n) is 20.6. The van der Waals surface area contributed by atoms with Gasteiger partial charge in [0.05, 0.1) is 28.8 Å². The Morgan fingerprint density at radius 2 is 1.92 bits per heavy atom. The molecule has 0 aliphatic carbocycles. The van der Waals surface area contributed by atoms with Gasteiger partial charge in [-0.25, -0.2) is 24.0 Å². The zero-order valence-corrected chi connectivity index (χ0v) is 20.6. The maximum Gasteiger partial charge on any atom is 0.393 e. The Bertz CT molecular complexity index is 1580. The van der Waals surface area contributed by atoms with Gasteiger partial charge in [-0.2, -0.15) is 18.3 Å². The Hall–Kier alpha value is -4.09. The third-order valence-electron chi connectivity index (χ3n) is 7.26. The van der Waals surface area contributed by atoms with Crippen LogP contribution in [0.4, 0.5) is 29.2 Å². The molecule has 2 aliphatic rings. The number of fused-ring (bicyclic) bond motifs is 2. The smallest absolute Gasteiger partial charge is 0.356 e. The SMILES string of the molecule is CC1(C)C(=O)Nc2nc(-c3nn(Cc4ccccc4F)c4ncccc34)nc(N3CCC(C(F)(F)F)C3)c21. The number of carbonyl (C=O) groups excluding carboxylic acids is 1. The monoisotopic (exact) mass is 525 g/mol. The number of hydrogen-bond acceptors (Lipinski definition) is 6. The summed E-state index contributed by atoms with van der Waals surface area (Å²) in [6.07, 6.45) is -2.81. The lowest BCUT2D eigenvalue weighted by Crippen LogP contribution is -2.32. The van der Waals surface area contributed by atoms with Crippen LogP contribution in [0.15, 0.2) is 42.6 Å². The highest BCUT2D eigenvalue weighted by molar-refractivity contribution is 6.06. The molecular formula is C26H23F4N7O. The summed E-state index contributed by atoms with van der Waals surface area (Å²) in [6, 6.07) is 9.83. The van der Waals surface area contributed by atoms with Crippen LogP contribution in [0, 0.1) is 11.7 Å². The molecule has 12 heteroatoms. The second-order valence-corrected chi connectivity index (χ2v) is 10.1. The average molecular weight is 526 g/mol. The maximum absolute atomic E-state index is 14.4. The van der Waals surface area contributed by atoms with Crippen LogP contribution in [0.1, 0.15) is 31.4 Å². The standard InChI is InChI=1S/C26H23F4N7O/c1-25(2)18-20(34-24(25)38)32-21(33-23(18)36-11-9-15(13-36)26(28,29)30)19-16-7-5-10-31-22(16)37(35-19)12-14-6-3-4-8-17(14)27/h3-8,10,15H,9,11-13H2,1-2H3,(H,32,33,34,38). The zero-order chi connectivity index (χ0) is 26.8. The second-order valence-electron chi connectivity index (χ2n) is 10.1. The number of benzene rings is 1. The third kappa shape index (κ3) is 3.86. The van der Waals surface area contributed by atoms with E-state index in [-0.39, 0.29) is 55.2 Å². The van der Waals surface area contributed by atoms with Crippen LogP contribution in [0.5, 0.6) is 0 Å². The molecule has 196 valence electrons. The topological polar surface area (TPSA) is 88.8 Å². The summed E-state index contributed by atoms with van der Waals surface area (Å²) in [5, 5.41) is 8.01. The van der Waals surface area contributed by atoms with Gasteiger partial charge in [0.15, 0.2) is 11.5 Å².